The van der Waals surface area contributed by atoms with Crippen LogP contribution in [-0.2, 0) is 10.0 Å². The minimum absolute atomic E-state index is 0.170. The van der Waals surface area contributed by atoms with Gasteiger partial charge >= 0.3 is 0 Å². The molecule has 0 amide bonds. The lowest BCUT2D eigenvalue weighted by molar-refractivity contribution is 0.239. The number of rotatable bonds is 4. The summed E-state index contributed by atoms with van der Waals surface area (Å²) in [6.45, 7) is 3.50. The molecule has 0 heterocycles. The fourth-order valence-corrected chi connectivity index (χ4v) is 3.05. The predicted octanol–water partition coefficient (Wildman–Crippen LogP) is 2.85. The van der Waals surface area contributed by atoms with Crippen LogP contribution >= 0.6 is 0 Å². The highest BCUT2D eigenvalue weighted by atomic mass is 32.2. The number of anilines is 1. The van der Waals surface area contributed by atoms with Gasteiger partial charge in [0.1, 0.15) is 6.10 Å². The van der Waals surface area contributed by atoms with Crippen molar-refractivity contribution in [3.63, 3.8) is 0 Å². The van der Waals surface area contributed by atoms with Gasteiger partial charge in [0.15, 0.2) is 0 Å². The minimum atomic E-state index is -3.71. The standard InChI is InChI=1S/C17H17NO3S/c1-3-6-17(19)15-7-4-5-8-16(15)18-22(20,21)14-11-9-13(2)10-12-14/h4-5,7-12,17-19H,1-2H3. The van der Waals surface area contributed by atoms with E-state index in [1.165, 1.54) is 0 Å². The lowest BCUT2D eigenvalue weighted by Crippen LogP contribution is -2.15. The molecule has 2 N–H and O–H groups in total. The number of aliphatic hydroxyl groups is 1. The van der Waals surface area contributed by atoms with Crippen molar-refractivity contribution in [2.24, 2.45) is 0 Å². The Morgan fingerprint density at radius 2 is 1.73 bits per heavy atom. The molecule has 0 aliphatic rings. The van der Waals surface area contributed by atoms with Crippen molar-refractivity contribution in [1.29, 1.82) is 0 Å². The van der Waals surface area contributed by atoms with Crippen LogP contribution in [0.1, 0.15) is 24.2 Å². The van der Waals surface area contributed by atoms with Crippen molar-refractivity contribution in [2.75, 3.05) is 4.72 Å². The van der Waals surface area contributed by atoms with Crippen molar-refractivity contribution in [3.05, 3.63) is 59.7 Å². The van der Waals surface area contributed by atoms with Gasteiger partial charge in [-0.05, 0) is 32.0 Å². The van der Waals surface area contributed by atoms with Crippen molar-refractivity contribution in [3.8, 4) is 11.8 Å². The van der Waals surface area contributed by atoms with Crippen LogP contribution in [-0.4, -0.2) is 13.5 Å². The Balaban J connectivity index is 2.37. The molecular formula is C17H17NO3S. The summed E-state index contributed by atoms with van der Waals surface area (Å²) < 4.78 is 27.3. The lowest BCUT2D eigenvalue weighted by Gasteiger charge is -2.14. The smallest absolute Gasteiger partial charge is 0.261 e. The molecule has 114 valence electrons. The van der Waals surface area contributed by atoms with Crippen LogP contribution in [0.5, 0.6) is 0 Å². The van der Waals surface area contributed by atoms with Crippen LogP contribution in [0.15, 0.2) is 53.4 Å². The van der Waals surface area contributed by atoms with E-state index in [0.29, 0.717) is 11.3 Å². The fourth-order valence-electron chi connectivity index (χ4n) is 1.96. The molecule has 0 bridgehead atoms. The molecule has 0 saturated carbocycles. The summed E-state index contributed by atoms with van der Waals surface area (Å²) in [4.78, 5) is 0.170. The summed E-state index contributed by atoms with van der Waals surface area (Å²) in [5, 5.41) is 10.00. The average molecular weight is 315 g/mol. The number of nitrogens with one attached hydrogen (secondary N) is 1. The van der Waals surface area contributed by atoms with E-state index in [9.17, 15) is 13.5 Å². The molecule has 0 radical (unpaired) electrons. The van der Waals surface area contributed by atoms with Gasteiger partial charge in [-0.3, -0.25) is 4.72 Å². The van der Waals surface area contributed by atoms with Crippen molar-refractivity contribution >= 4 is 15.7 Å². The lowest BCUT2D eigenvalue weighted by atomic mass is 10.1. The summed E-state index contributed by atoms with van der Waals surface area (Å²) in [5.41, 5.74) is 1.72. The Morgan fingerprint density at radius 1 is 1.09 bits per heavy atom. The van der Waals surface area contributed by atoms with E-state index in [2.05, 4.69) is 16.6 Å². The molecule has 5 heteroatoms. The monoisotopic (exact) mass is 315 g/mol. The summed E-state index contributed by atoms with van der Waals surface area (Å²) in [7, 11) is -3.71. The number of aliphatic hydroxyl groups excluding tert-OH is 1. The highest BCUT2D eigenvalue weighted by Gasteiger charge is 2.17. The Labute approximate surface area is 130 Å². The zero-order valence-electron chi connectivity index (χ0n) is 12.4. The van der Waals surface area contributed by atoms with Crippen molar-refractivity contribution in [2.45, 2.75) is 24.8 Å². The minimum Gasteiger partial charge on any atom is -0.376 e. The van der Waals surface area contributed by atoms with Gasteiger partial charge in [0.2, 0.25) is 0 Å². The van der Waals surface area contributed by atoms with Gasteiger partial charge in [0.25, 0.3) is 10.0 Å². The Bertz CT molecular complexity index is 815. The van der Waals surface area contributed by atoms with Gasteiger partial charge < -0.3 is 5.11 Å². The Hall–Kier alpha value is -2.29. The quantitative estimate of drug-likeness (QED) is 0.853. The van der Waals surface area contributed by atoms with E-state index in [-0.39, 0.29) is 4.90 Å². The first-order valence-electron chi connectivity index (χ1n) is 6.73. The summed E-state index contributed by atoms with van der Waals surface area (Å²) >= 11 is 0. The van der Waals surface area contributed by atoms with Gasteiger partial charge in [0.05, 0.1) is 10.6 Å². The third kappa shape index (κ3) is 3.67. The van der Waals surface area contributed by atoms with Gasteiger partial charge in [-0.25, -0.2) is 8.42 Å². The van der Waals surface area contributed by atoms with E-state index in [4.69, 9.17) is 0 Å². The molecule has 1 unspecified atom stereocenters. The first-order valence-corrected chi connectivity index (χ1v) is 8.21. The highest BCUT2D eigenvalue weighted by molar-refractivity contribution is 7.92. The van der Waals surface area contributed by atoms with E-state index in [1.54, 1.807) is 55.5 Å². The van der Waals surface area contributed by atoms with Crippen molar-refractivity contribution < 1.29 is 13.5 Å². The molecule has 0 fully saturated rings. The summed E-state index contributed by atoms with van der Waals surface area (Å²) in [6, 6.07) is 13.2. The zero-order valence-corrected chi connectivity index (χ0v) is 13.2. The normalized spacial score (nSPS) is 12.1. The summed E-state index contributed by atoms with van der Waals surface area (Å²) in [5.74, 6) is 5.22. The van der Waals surface area contributed by atoms with E-state index < -0.39 is 16.1 Å². The van der Waals surface area contributed by atoms with Crippen LogP contribution in [0.4, 0.5) is 5.69 Å². The Morgan fingerprint density at radius 3 is 2.36 bits per heavy atom. The van der Waals surface area contributed by atoms with Crippen LogP contribution in [0, 0.1) is 18.8 Å². The van der Waals surface area contributed by atoms with E-state index >= 15 is 0 Å². The molecule has 1 atom stereocenters. The van der Waals surface area contributed by atoms with Gasteiger partial charge in [-0.1, -0.05) is 41.8 Å². The summed E-state index contributed by atoms with van der Waals surface area (Å²) in [6.07, 6.45) is -1.04. The van der Waals surface area contributed by atoms with Gasteiger partial charge in [-0.2, -0.15) is 0 Å². The van der Waals surface area contributed by atoms with Gasteiger partial charge in [0, 0.05) is 5.56 Å². The third-order valence-electron chi connectivity index (χ3n) is 3.11. The first-order chi connectivity index (χ1) is 10.4. The average Bonchev–Trinajstić information content (AvgIpc) is 2.48. The van der Waals surface area contributed by atoms with Crippen LogP contribution in [0.2, 0.25) is 0 Å². The topological polar surface area (TPSA) is 66.4 Å². The second-order valence-electron chi connectivity index (χ2n) is 4.80. The number of hydrogen-bond donors (Lipinski definition) is 2. The number of hydrogen-bond acceptors (Lipinski definition) is 3. The number of para-hydroxylation sites is 1. The zero-order chi connectivity index (χ0) is 16.2. The molecule has 2 aromatic rings. The maximum atomic E-state index is 12.4. The predicted molar refractivity (Wildman–Crippen MR) is 86.8 cm³/mol. The van der Waals surface area contributed by atoms with Gasteiger partial charge in [-0.15, -0.1) is 5.92 Å². The molecular weight excluding hydrogens is 298 g/mol. The SMILES string of the molecule is CC#CC(O)c1ccccc1NS(=O)(=O)c1ccc(C)cc1. The second kappa shape index (κ2) is 6.65. The molecule has 0 saturated heterocycles. The Kier molecular flexibility index (Phi) is 4.86. The molecule has 2 rings (SSSR count). The highest BCUT2D eigenvalue weighted by Crippen LogP contribution is 2.25. The molecule has 0 aliphatic heterocycles. The molecule has 0 aliphatic carbocycles. The molecule has 2 aromatic carbocycles. The molecule has 0 aromatic heterocycles. The maximum absolute atomic E-state index is 12.4. The number of aryl methyl sites for hydroxylation is 1. The number of benzene rings is 2. The number of sulfonamides is 1. The largest absolute Gasteiger partial charge is 0.376 e. The molecule has 0 spiro atoms. The van der Waals surface area contributed by atoms with Crippen LogP contribution in [0.25, 0.3) is 0 Å². The fraction of sp³-hybridized carbons (Fsp3) is 0.176. The van der Waals surface area contributed by atoms with E-state index in [0.717, 1.165) is 5.56 Å². The molecule has 22 heavy (non-hydrogen) atoms. The second-order valence-corrected chi connectivity index (χ2v) is 6.49. The van der Waals surface area contributed by atoms with E-state index in [1.807, 2.05) is 6.92 Å². The van der Waals surface area contributed by atoms with Crippen molar-refractivity contribution in [1.82, 2.24) is 0 Å². The molecule has 4 nitrogen and oxygen atoms in total. The maximum Gasteiger partial charge on any atom is 0.261 e. The van der Waals surface area contributed by atoms with Crippen LogP contribution < -0.4 is 4.72 Å². The van der Waals surface area contributed by atoms with Crippen LogP contribution in [0.3, 0.4) is 0 Å². The first kappa shape index (κ1) is 16.1. The third-order valence-corrected chi connectivity index (χ3v) is 4.49.